The number of hydrogen-bond acceptors (Lipinski definition) is 4. The molecular formula is C12H14F2N2O2S2. The van der Waals surface area contributed by atoms with Crippen LogP contribution in [0.15, 0.2) is 17.0 Å². The zero-order valence-corrected chi connectivity index (χ0v) is 12.4. The molecule has 0 unspecified atom stereocenters. The van der Waals surface area contributed by atoms with E-state index >= 15 is 0 Å². The molecule has 8 heteroatoms. The SMILES string of the molecule is CSCCNS(=O)(=O)c1c(F)cc(F)cc1C#CCN. The largest absolute Gasteiger partial charge is 0.320 e. The Morgan fingerprint density at radius 3 is 2.70 bits per heavy atom. The quantitative estimate of drug-likeness (QED) is 0.625. The van der Waals surface area contributed by atoms with E-state index in [9.17, 15) is 17.2 Å². The van der Waals surface area contributed by atoms with E-state index in [1.807, 2.05) is 6.26 Å². The van der Waals surface area contributed by atoms with Gasteiger partial charge in [-0.3, -0.25) is 0 Å². The van der Waals surface area contributed by atoms with Crippen molar-refractivity contribution in [1.82, 2.24) is 4.72 Å². The van der Waals surface area contributed by atoms with Crippen LogP contribution in [0.5, 0.6) is 0 Å². The molecule has 20 heavy (non-hydrogen) atoms. The van der Waals surface area contributed by atoms with Crippen LogP contribution < -0.4 is 10.5 Å². The van der Waals surface area contributed by atoms with E-state index in [4.69, 9.17) is 5.73 Å². The monoisotopic (exact) mass is 320 g/mol. The molecule has 0 saturated carbocycles. The van der Waals surface area contributed by atoms with E-state index in [2.05, 4.69) is 16.6 Å². The van der Waals surface area contributed by atoms with E-state index in [-0.39, 0.29) is 18.7 Å². The van der Waals surface area contributed by atoms with Crippen LogP contribution in [0.25, 0.3) is 0 Å². The molecule has 0 heterocycles. The van der Waals surface area contributed by atoms with Crippen LogP contribution in [-0.2, 0) is 10.0 Å². The van der Waals surface area contributed by atoms with Gasteiger partial charge in [-0.1, -0.05) is 11.8 Å². The van der Waals surface area contributed by atoms with Crippen molar-refractivity contribution in [2.24, 2.45) is 5.73 Å². The number of thioether (sulfide) groups is 1. The second-order valence-corrected chi connectivity index (χ2v) is 6.35. The Bertz CT molecular complexity index is 637. The van der Waals surface area contributed by atoms with Crippen LogP contribution >= 0.6 is 11.8 Å². The summed E-state index contributed by atoms with van der Waals surface area (Å²) in [6, 6.07) is 1.38. The summed E-state index contributed by atoms with van der Waals surface area (Å²) in [4.78, 5) is -0.652. The van der Waals surface area contributed by atoms with Gasteiger partial charge < -0.3 is 5.73 Å². The lowest BCUT2D eigenvalue weighted by molar-refractivity contribution is 0.543. The third-order valence-electron chi connectivity index (χ3n) is 2.20. The van der Waals surface area contributed by atoms with Crippen LogP contribution in [0, 0.1) is 23.5 Å². The Balaban J connectivity index is 3.28. The van der Waals surface area contributed by atoms with Crippen molar-refractivity contribution in [2.45, 2.75) is 4.90 Å². The Hall–Kier alpha value is -1.14. The highest BCUT2D eigenvalue weighted by Gasteiger charge is 2.23. The Morgan fingerprint density at radius 2 is 2.10 bits per heavy atom. The fourth-order valence-corrected chi connectivity index (χ4v) is 3.09. The van der Waals surface area contributed by atoms with E-state index in [0.29, 0.717) is 11.8 Å². The highest BCUT2D eigenvalue weighted by Crippen LogP contribution is 2.20. The molecule has 0 aliphatic rings. The van der Waals surface area contributed by atoms with Gasteiger partial charge in [0, 0.05) is 18.4 Å². The van der Waals surface area contributed by atoms with Crippen molar-refractivity contribution < 1.29 is 17.2 Å². The molecule has 1 aromatic rings. The number of hydrogen-bond donors (Lipinski definition) is 2. The first-order valence-corrected chi connectivity index (χ1v) is 8.46. The Labute approximate surface area is 121 Å². The lowest BCUT2D eigenvalue weighted by Gasteiger charge is -2.09. The summed E-state index contributed by atoms with van der Waals surface area (Å²) in [5, 5.41) is 0. The first kappa shape index (κ1) is 16.9. The number of sulfonamides is 1. The molecule has 1 aromatic carbocycles. The molecule has 0 saturated heterocycles. The summed E-state index contributed by atoms with van der Waals surface area (Å²) in [5.74, 6) is 3.22. The molecule has 0 aromatic heterocycles. The molecule has 110 valence electrons. The molecule has 0 fully saturated rings. The zero-order chi connectivity index (χ0) is 15.2. The van der Waals surface area contributed by atoms with Gasteiger partial charge in [-0.2, -0.15) is 11.8 Å². The van der Waals surface area contributed by atoms with E-state index in [0.717, 1.165) is 6.07 Å². The van der Waals surface area contributed by atoms with Crippen LogP contribution in [0.2, 0.25) is 0 Å². The van der Waals surface area contributed by atoms with Gasteiger partial charge in [0.15, 0.2) is 0 Å². The first-order valence-electron chi connectivity index (χ1n) is 5.59. The predicted octanol–water partition coefficient (Wildman–Crippen LogP) is 0.916. The van der Waals surface area contributed by atoms with Gasteiger partial charge in [0.25, 0.3) is 0 Å². The van der Waals surface area contributed by atoms with Crippen molar-refractivity contribution in [3.8, 4) is 11.8 Å². The van der Waals surface area contributed by atoms with Crippen molar-refractivity contribution in [2.75, 3.05) is 25.1 Å². The Kier molecular flexibility index (Phi) is 6.42. The van der Waals surface area contributed by atoms with Crippen molar-refractivity contribution in [1.29, 1.82) is 0 Å². The average Bonchev–Trinajstić information content (AvgIpc) is 2.35. The number of halogens is 2. The third-order valence-corrected chi connectivity index (χ3v) is 4.35. The maximum Gasteiger partial charge on any atom is 0.244 e. The molecule has 0 aliphatic heterocycles. The minimum atomic E-state index is -4.09. The van der Waals surface area contributed by atoms with Crippen LogP contribution in [-0.4, -0.2) is 33.5 Å². The smallest absolute Gasteiger partial charge is 0.244 e. The summed E-state index contributed by atoms with van der Waals surface area (Å²) in [6.45, 7) is 0.0988. The summed E-state index contributed by atoms with van der Waals surface area (Å²) >= 11 is 1.44. The number of nitrogens with two attached hydrogens (primary N) is 1. The zero-order valence-electron chi connectivity index (χ0n) is 10.7. The van der Waals surface area contributed by atoms with Crippen LogP contribution in [0.1, 0.15) is 5.56 Å². The summed E-state index contributed by atoms with van der Waals surface area (Å²) in [7, 11) is -4.09. The third kappa shape index (κ3) is 4.45. The molecule has 1 rings (SSSR count). The molecule has 0 aliphatic carbocycles. The summed E-state index contributed by atoms with van der Waals surface area (Å²) in [6.07, 6.45) is 1.81. The van der Waals surface area contributed by atoms with Gasteiger partial charge >= 0.3 is 0 Å². The maximum absolute atomic E-state index is 13.8. The molecule has 0 bridgehead atoms. The minimum Gasteiger partial charge on any atom is -0.320 e. The van der Waals surface area contributed by atoms with Gasteiger partial charge in [0.2, 0.25) is 10.0 Å². The number of benzene rings is 1. The van der Waals surface area contributed by atoms with Gasteiger partial charge in [-0.05, 0) is 12.3 Å². The number of rotatable bonds is 5. The van der Waals surface area contributed by atoms with Crippen LogP contribution in [0.3, 0.4) is 0 Å². The van der Waals surface area contributed by atoms with E-state index in [1.54, 1.807) is 0 Å². The van der Waals surface area contributed by atoms with E-state index in [1.165, 1.54) is 11.8 Å². The van der Waals surface area contributed by atoms with Crippen LogP contribution in [0.4, 0.5) is 8.78 Å². The van der Waals surface area contributed by atoms with Gasteiger partial charge in [-0.15, -0.1) is 0 Å². The fraction of sp³-hybridized carbons (Fsp3) is 0.333. The molecule has 3 N–H and O–H groups in total. The molecule has 0 amide bonds. The summed E-state index contributed by atoms with van der Waals surface area (Å²) in [5.41, 5.74) is 4.94. The molecular weight excluding hydrogens is 306 g/mol. The van der Waals surface area contributed by atoms with Gasteiger partial charge in [0.05, 0.1) is 12.1 Å². The Morgan fingerprint density at radius 1 is 1.40 bits per heavy atom. The second kappa shape index (κ2) is 7.59. The minimum absolute atomic E-state index is 0.0441. The molecule has 0 radical (unpaired) electrons. The highest BCUT2D eigenvalue weighted by molar-refractivity contribution is 7.98. The predicted molar refractivity (Wildman–Crippen MR) is 75.9 cm³/mol. The summed E-state index contributed by atoms with van der Waals surface area (Å²) < 4.78 is 53.3. The lowest BCUT2D eigenvalue weighted by atomic mass is 10.2. The molecule has 0 spiro atoms. The lowest BCUT2D eigenvalue weighted by Crippen LogP contribution is -2.27. The van der Waals surface area contributed by atoms with Crippen molar-refractivity contribution >= 4 is 21.8 Å². The molecule has 4 nitrogen and oxygen atoms in total. The van der Waals surface area contributed by atoms with Gasteiger partial charge in [0.1, 0.15) is 16.5 Å². The number of nitrogens with one attached hydrogen (secondary N) is 1. The van der Waals surface area contributed by atoms with E-state index < -0.39 is 26.6 Å². The first-order chi connectivity index (χ1) is 9.42. The van der Waals surface area contributed by atoms with Crippen molar-refractivity contribution in [3.05, 3.63) is 29.3 Å². The normalized spacial score (nSPS) is 11.0. The fourth-order valence-electron chi connectivity index (χ4n) is 1.42. The standard InChI is InChI=1S/C12H14F2N2O2S2/c1-19-6-5-16-20(17,18)12-9(3-2-4-15)7-10(13)8-11(12)14/h7-8,16H,4-6,15H2,1H3. The molecule has 0 atom stereocenters. The average molecular weight is 320 g/mol. The van der Waals surface area contributed by atoms with Crippen molar-refractivity contribution in [3.63, 3.8) is 0 Å². The topological polar surface area (TPSA) is 72.2 Å². The highest BCUT2D eigenvalue weighted by atomic mass is 32.2. The second-order valence-electron chi connectivity index (χ2n) is 3.66. The van der Waals surface area contributed by atoms with Gasteiger partial charge in [-0.25, -0.2) is 21.9 Å². The maximum atomic E-state index is 13.8.